The molecular weight excluding hydrogens is 333 g/mol. The van der Waals surface area contributed by atoms with Crippen LogP contribution in [0, 0.1) is 22.6 Å². The van der Waals surface area contributed by atoms with Crippen molar-refractivity contribution >= 4 is 15.8 Å². The van der Waals surface area contributed by atoms with Gasteiger partial charge >= 0.3 is 5.97 Å². The van der Waals surface area contributed by atoms with Crippen molar-refractivity contribution in [2.75, 3.05) is 0 Å². The first-order chi connectivity index (χ1) is 11.4. The van der Waals surface area contributed by atoms with Crippen LogP contribution in [0.1, 0.15) is 11.5 Å². The molecule has 3 atom stereocenters. The van der Waals surface area contributed by atoms with Gasteiger partial charge in [0.25, 0.3) is 0 Å². The predicted octanol–water partition coefficient (Wildman–Crippen LogP) is 2.36. The standard InChI is InChI=1S/C17H12FNO4S/c18-12-6-4-5-11(9-12)14-15(17(14,10-19)16(20)21)24(22,23)13-7-2-1-3-8-13/h1-9,14-15H,(H,20,21)/t14-,15+,17-/m0/s1. The van der Waals surface area contributed by atoms with Crippen LogP contribution in [0.15, 0.2) is 59.5 Å². The van der Waals surface area contributed by atoms with Crippen molar-refractivity contribution in [2.45, 2.75) is 16.1 Å². The second-order valence-electron chi connectivity index (χ2n) is 5.60. The molecule has 0 radical (unpaired) electrons. The van der Waals surface area contributed by atoms with Crippen LogP contribution in [-0.2, 0) is 14.6 Å². The van der Waals surface area contributed by atoms with Gasteiger partial charge in [-0.1, -0.05) is 30.3 Å². The molecule has 0 unspecified atom stereocenters. The van der Waals surface area contributed by atoms with Gasteiger partial charge in [0.15, 0.2) is 15.3 Å². The molecule has 0 amide bonds. The molecule has 0 saturated heterocycles. The molecule has 2 aromatic carbocycles. The summed E-state index contributed by atoms with van der Waals surface area (Å²) in [5.41, 5.74) is -1.94. The SMILES string of the molecule is N#C[C@@]1(C(=O)O)[C@H](S(=O)(=O)c2ccccc2)[C@@H]1c1cccc(F)c1. The monoisotopic (exact) mass is 345 g/mol. The van der Waals surface area contributed by atoms with Crippen LogP contribution >= 0.6 is 0 Å². The maximum absolute atomic E-state index is 13.5. The van der Waals surface area contributed by atoms with Gasteiger partial charge in [-0.2, -0.15) is 5.26 Å². The number of carbonyl (C=O) groups is 1. The average molecular weight is 345 g/mol. The predicted molar refractivity (Wildman–Crippen MR) is 82.2 cm³/mol. The Morgan fingerprint density at radius 3 is 2.38 bits per heavy atom. The summed E-state index contributed by atoms with van der Waals surface area (Å²) in [6.07, 6.45) is 0. The Hall–Kier alpha value is -2.72. The topological polar surface area (TPSA) is 95.2 Å². The molecule has 1 fully saturated rings. The number of nitriles is 1. The lowest BCUT2D eigenvalue weighted by Gasteiger charge is -2.04. The van der Waals surface area contributed by atoms with Crippen LogP contribution < -0.4 is 0 Å². The molecule has 0 aromatic heterocycles. The van der Waals surface area contributed by atoms with Crippen molar-refractivity contribution in [1.29, 1.82) is 5.26 Å². The van der Waals surface area contributed by atoms with Crippen LogP contribution in [0.4, 0.5) is 4.39 Å². The first-order valence-electron chi connectivity index (χ1n) is 7.04. The van der Waals surface area contributed by atoms with E-state index in [1.165, 1.54) is 42.5 Å². The lowest BCUT2D eigenvalue weighted by atomic mass is 10.0. The fraction of sp³-hybridized carbons (Fsp3) is 0.176. The van der Waals surface area contributed by atoms with E-state index in [9.17, 15) is 28.0 Å². The van der Waals surface area contributed by atoms with E-state index in [1.807, 2.05) is 0 Å². The number of halogens is 1. The van der Waals surface area contributed by atoms with Gasteiger partial charge in [0.1, 0.15) is 11.1 Å². The average Bonchev–Trinajstić information content (AvgIpc) is 3.27. The number of nitrogens with zero attached hydrogens (tertiary/aromatic N) is 1. The lowest BCUT2D eigenvalue weighted by molar-refractivity contribution is -0.141. The molecule has 3 rings (SSSR count). The first kappa shape index (κ1) is 16.1. The minimum Gasteiger partial charge on any atom is -0.480 e. The van der Waals surface area contributed by atoms with Gasteiger partial charge in [-0.05, 0) is 29.8 Å². The number of hydrogen-bond donors (Lipinski definition) is 1. The highest BCUT2D eigenvalue weighted by molar-refractivity contribution is 7.92. The number of carboxylic acids is 1. The molecular formula is C17H12FNO4S. The van der Waals surface area contributed by atoms with Crippen molar-refractivity contribution in [3.8, 4) is 6.07 Å². The molecule has 1 aliphatic carbocycles. The van der Waals surface area contributed by atoms with Gasteiger partial charge in [-0.15, -0.1) is 0 Å². The smallest absolute Gasteiger partial charge is 0.326 e. The van der Waals surface area contributed by atoms with Gasteiger partial charge in [0.2, 0.25) is 0 Å². The zero-order chi connectivity index (χ0) is 17.5. The summed E-state index contributed by atoms with van der Waals surface area (Å²) in [7, 11) is -4.07. The zero-order valence-corrected chi connectivity index (χ0v) is 13.1. The minimum atomic E-state index is -4.07. The quantitative estimate of drug-likeness (QED) is 0.918. The molecule has 0 spiro atoms. The Bertz CT molecular complexity index is 952. The Morgan fingerprint density at radius 1 is 1.17 bits per heavy atom. The number of aliphatic carboxylic acids is 1. The maximum atomic E-state index is 13.5. The summed E-state index contributed by atoms with van der Waals surface area (Å²) in [6.45, 7) is 0. The molecule has 1 aliphatic rings. The molecule has 24 heavy (non-hydrogen) atoms. The second-order valence-corrected chi connectivity index (χ2v) is 7.67. The largest absolute Gasteiger partial charge is 0.480 e. The van der Waals surface area contributed by atoms with Crippen molar-refractivity contribution in [2.24, 2.45) is 5.41 Å². The van der Waals surface area contributed by atoms with Crippen molar-refractivity contribution < 1.29 is 22.7 Å². The molecule has 1 N–H and O–H groups in total. The number of hydrogen-bond acceptors (Lipinski definition) is 4. The van der Waals surface area contributed by atoms with E-state index in [0.717, 1.165) is 6.07 Å². The summed E-state index contributed by atoms with van der Waals surface area (Å²) < 4.78 is 39.1. The Labute approximate surface area is 137 Å². The third-order valence-electron chi connectivity index (χ3n) is 4.29. The van der Waals surface area contributed by atoms with E-state index < -0.39 is 38.2 Å². The molecule has 2 aromatic rings. The van der Waals surface area contributed by atoms with Gasteiger partial charge in [-0.25, -0.2) is 12.8 Å². The van der Waals surface area contributed by atoms with E-state index in [0.29, 0.717) is 0 Å². The van der Waals surface area contributed by atoms with Crippen molar-refractivity contribution in [1.82, 2.24) is 0 Å². The zero-order valence-electron chi connectivity index (χ0n) is 12.3. The number of sulfone groups is 1. The normalized spacial score (nSPS) is 25.7. The van der Waals surface area contributed by atoms with Gasteiger partial charge < -0.3 is 5.11 Å². The van der Waals surface area contributed by atoms with E-state index >= 15 is 0 Å². The molecule has 0 heterocycles. The maximum Gasteiger partial charge on any atom is 0.326 e. The molecule has 0 aliphatic heterocycles. The third-order valence-corrected chi connectivity index (χ3v) is 6.53. The summed E-state index contributed by atoms with van der Waals surface area (Å²) in [5.74, 6) is -3.27. The first-order valence-corrected chi connectivity index (χ1v) is 8.59. The fourth-order valence-electron chi connectivity index (χ4n) is 3.11. The van der Waals surface area contributed by atoms with E-state index in [4.69, 9.17) is 0 Å². The molecule has 122 valence electrons. The van der Waals surface area contributed by atoms with Crippen molar-refractivity contribution in [3.05, 3.63) is 66.0 Å². The van der Waals surface area contributed by atoms with E-state index in [2.05, 4.69) is 0 Å². The van der Waals surface area contributed by atoms with Crippen LogP contribution in [0.25, 0.3) is 0 Å². The Balaban J connectivity index is 2.16. The Morgan fingerprint density at radius 2 is 1.83 bits per heavy atom. The summed E-state index contributed by atoms with van der Waals surface area (Å²) in [6, 6.07) is 14.0. The number of carboxylic acid groups (broad SMARTS) is 1. The summed E-state index contributed by atoms with van der Waals surface area (Å²) >= 11 is 0. The number of benzene rings is 2. The van der Waals surface area contributed by atoms with Crippen molar-refractivity contribution in [3.63, 3.8) is 0 Å². The van der Waals surface area contributed by atoms with Gasteiger partial charge in [0.05, 0.1) is 11.0 Å². The Kier molecular flexibility index (Phi) is 3.65. The highest BCUT2D eigenvalue weighted by Crippen LogP contribution is 2.64. The molecule has 1 saturated carbocycles. The van der Waals surface area contributed by atoms with Gasteiger partial charge in [-0.3, -0.25) is 4.79 Å². The van der Waals surface area contributed by atoms with Crippen LogP contribution in [-0.4, -0.2) is 24.7 Å². The van der Waals surface area contributed by atoms with Crippen LogP contribution in [0.3, 0.4) is 0 Å². The minimum absolute atomic E-state index is 0.0604. The van der Waals surface area contributed by atoms with Crippen LogP contribution in [0.2, 0.25) is 0 Å². The van der Waals surface area contributed by atoms with Gasteiger partial charge in [0, 0.05) is 5.92 Å². The third kappa shape index (κ3) is 2.19. The highest BCUT2D eigenvalue weighted by Gasteiger charge is 2.77. The van der Waals surface area contributed by atoms with Crippen LogP contribution in [0.5, 0.6) is 0 Å². The fourth-order valence-corrected chi connectivity index (χ4v) is 5.38. The molecule has 7 heteroatoms. The number of rotatable bonds is 4. The summed E-state index contributed by atoms with van der Waals surface area (Å²) in [4.78, 5) is 11.6. The highest BCUT2D eigenvalue weighted by atomic mass is 32.2. The second kappa shape index (κ2) is 5.42. The molecule has 0 bridgehead atoms. The summed E-state index contributed by atoms with van der Waals surface area (Å²) in [5, 5.41) is 17.5. The van der Waals surface area contributed by atoms with E-state index in [1.54, 1.807) is 12.1 Å². The molecule has 5 nitrogen and oxygen atoms in total. The lowest BCUT2D eigenvalue weighted by Crippen LogP contribution is -2.22. The van der Waals surface area contributed by atoms with E-state index in [-0.39, 0.29) is 10.5 Å².